The Labute approximate surface area is 145 Å². The minimum atomic E-state index is 0.00541. The van der Waals surface area contributed by atoms with Gasteiger partial charge in [0.1, 0.15) is 11.6 Å². The first kappa shape index (κ1) is 16.9. The Morgan fingerprint density at radius 2 is 2.25 bits per heavy atom. The number of amides is 1. The van der Waals surface area contributed by atoms with Crippen molar-refractivity contribution in [3.8, 4) is 5.88 Å². The van der Waals surface area contributed by atoms with Crippen LogP contribution < -0.4 is 4.74 Å². The lowest BCUT2D eigenvalue weighted by molar-refractivity contribution is 0.0610. The summed E-state index contributed by atoms with van der Waals surface area (Å²) in [5.74, 6) is 0.504. The molecule has 3 rings (SSSR count). The van der Waals surface area contributed by atoms with Gasteiger partial charge < -0.3 is 14.4 Å². The fourth-order valence-corrected chi connectivity index (χ4v) is 3.60. The summed E-state index contributed by atoms with van der Waals surface area (Å²) in [5.41, 5.74) is 0.581. The number of thiazole rings is 1. The van der Waals surface area contributed by atoms with E-state index in [-0.39, 0.29) is 11.9 Å². The number of methoxy groups -OCH3 is 1. The zero-order chi connectivity index (χ0) is 16.8. The molecule has 0 N–H and O–H groups in total. The maximum absolute atomic E-state index is 12.9. The molecule has 128 valence electrons. The van der Waals surface area contributed by atoms with Crippen LogP contribution in [0.15, 0.2) is 29.9 Å². The van der Waals surface area contributed by atoms with E-state index >= 15 is 0 Å². The summed E-state index contributed by atoms with van der Waals surface area (Å²) in [5, 5.41) is 2.97. The van der Waals surface area contributed by atoms with Crippen molar-refractivity contribution in [1.29, 1.82) is 0 Å². The number of hydrogen-bond acceptors (Lipinski definition) is 6. The van der Waals surface area contributed by atoms with Gasteiger partial charge in [0.15, 0.2) is 0 Å². The van der Waals surface area contributed by atoms with Crippen LogP contribution >= 0.6 is 11.3 Å². The zero-order valence-electron chi connectivity index (χ0n) is 13.7. The molecule has 24 heavy (non-hydrogen) atoms. The molecule has 0 saturated carbocycles. The highest BCUT2D eigenvalue weighted by atomic mass is 32.1. The van der Waals surface area contributed by atoms with Crippen molar-refractivity contribution >= 4 is 17.2 Å². The third kappa shape index (κ3) is 3.91. The second kappa shape index (κ2) is 8.21. The van der Waals surface area contributed by atoms with Gasteiger partial charge in [0, 0.05) is 37.5 Å². The molecule has 1 aliphatic heterocycles. The first-order valence-corrected chi connectivity index (χ1v) is 8.95. The van der Waals surface area contributed by atoms with Gasteiger partial charge in [-0.3, -0.25) is 4.79 Å². The van der Waals surface area contributed by atoms with E-state index in [0.717, 1.165) is 30.8 Å². The third-order valence-corrected chi connectivity index (χ3v) is 4.90. The van der Waals surface area contributed by atoms with Crippen LogP contribution in [0.2, 0.25) is 0 Å². The number of carbonyl (C=O) groups excluding carboxylic acids is 1. The second-order valence-electron chi connectivity index (χ2n) is 5.61. The maximum Gasteiger partial charge on any atom is 0.256 e. The van der Waals surface area contributed by atoms with Gasteiger partial charge in [0.2, 0.25) is 5.88 Å². The van der Waals surface area contributed by atoms with E-state index in [1.807, 2.05) is 10.3 Å². The maximum atomic E-state index is 12.9. The van der Waals surface area contributed by atoms with E-state index in [2.05, 4.69) is 9.97 Å². The van der Waals surface area contributed by atoms with Crippen LogP contribution in [0.1, 0.15) is 40.7 Å². The molecule has 3 heterocycles. The smallest absolute Gasteiger partial charge is 0.256 e. The summed E-state index contributed by atoms with van der Waals surface area (Å²) in [6.07, 6.45) is 6.49. The number of pyridine rings is 1. The number of hydrogen-bond donors (Lipinski definition) is 0. The first-order valence-electron chi connectivity index (χ1n) is 8.07. The summed E-state index contributed by atoms with van der Waals surface area (Å²) in [6, 6.07) is 3.57. The summed E-state index contributed by atoms with van der Waals surface area (Å²) < 4.78 is 10.4. The van der Waals surface area contributed by atoms with Crippen LogP contribution in [-0.4, -0.2) is 47.6 Å². The highest BCUT2D eigenvalue weighted by molar-refractivity contribution is 7.09. The van der Waals surface area contributed by atoms with Gasteiger partial charge in [0.05, 0.1) is 18.2 Å². The molecule has 0 radical (unpaired) electrons. The lowest BCUT2D eigenvalue weighted by atomic mass is 10.0. The molecule has 1 fully saturated rings. The van der Waals surface area contributed by atoms with Crippen molar-refractivity contribution in [1.82, 2.24) is 14.9 Å². The predicted molar refractivity (Wildman–Crippen MR) is 91.4 cm³/mol. The summed E-state index contributed by atoms with van der Waals surface area (Å²) >= 11 is 1.61. The van der Waals surface area contributed by atoms with Crippen LogP contribution in [0.5, 0.6) is 5.88 Å². The van der Waals surface area contributed by atoms with E-state index in [1.165, 1.54) is 0 Å². The Kier molecular flexibility index (Phi) is 5.77. The molecule has 2 aromatic heterocycles. The van der Waals surface area contributed by atoms with Gasteiger partial charge >= 0.3 is 0 Å². The Hall–Kier alpha value is -1.99. The minimum Gasteiger partial charge on any atom is -0.475 e. The number of aromatic nitrogens is 2. The topological polar surface area (TPSA) is 64.6 Å². The molecule has 0 aromatic carbocycles. The Bertz CT molecular complexity index is 646. The largest absolute Gasteiger partial charge is 0.475 e. The van der Waals surface area contributed by atoms with Crippen LogP contribution in [0.25, 0.3) is 0 Å². The van der Waals surface area contributed by atoms with Crippen molar-refractivity contribution in [3.05, 3.63) is 40.5 Å². The average Bonchev–Trinajstić information content (AvgIpc) is 3.16. The van der Waals surface area contributed by atoms with Gasteiger partial charge in [-0.1, -0.05) is 0 Å². The molecule has 1 amide bonds. The third-order valence-electron chi connectivity index (χ3n) is 4.02. The monoisotopic (exact) mass is 347 g/mol. The summed E-state index contributed by atoms with van der Waals surface area (Å²) in [4.78, 5) is 23.4. The van der Waals surface area contributed by atoms with Gasteiger partial charge in [0.25, 0.3) is 5.91 Å². The first-order chi connectivity index (χ1) is 11.8. The number of likely N-dealkylation sites (tertiary alicyclic amines) is 1. The quantitative estimate of drug-likeness (QED) is 0.752. The Balaban J connectivity index is 1.70. The number of piperidine rings is 1. The van der Waals surface area contributed by atoms with E-state index in [4.69, 9.17) is 9.47 Å². The SMILES string of the molecule is COCCOc1ccc(C(=O)N2CCCC[C@H]2c2nccs2)cn1. The number of ether oxygens (including phenoxy) is 2. The van der Waals surface area contributed by atoms with Crippen molar-refractivity contribution in [2.75, 3.05) is 26.9 Å². The van der Waals surface area contributed by atoms with Gasteiger partial charge in [-0.15, -0.1) is 11.3 Å². The van der Waals surface area contributed by atoms with Crippen molar-refractivity contribution < 1.29 is 14.3 Å². The molecule has 0 unspecified atom stereocenters. The van der Waals surface area contributed by atoms with Crippen LogP contribution in [0.3, 0.4) is 0 Å². The average molecular weight is 347 g/mol. The molecular weight excluding hydrogens is 326 g/mol. The number of nitrogens with zero attached hydrogens (tertiary/aromatic N) is 3. The Morgan fingerprint density at radius 1 is 1.33 bits per heavy atom. The highest BCUT2D eigenvalue weighted by Gasteiger charge is 2.30. The summed E-state index contributed by atoms with van der Waals surface area (Å²) in [7, 11) is 1.62. The van der Waals surface area contributed by atoms with Crippen molar-refractivity contribution in [2.24, 2.45) is 0 Å². The van der Waals surface area contributed by atoms with Crippen LogP contribution in [0.4, 0.5) is 0 Å². The number of rotatable bonds is 6. The van der Waals surface area contributed by atoms with Crippen LogP contribution in [0, 0.1) is 0 Å². The van der Waals surface area contributed by atoms with Gasteiger partial charge in [-0.25, -0.2) is 9.97 Å². The molecule has 1 saturated heterocycles. The van der Waals surface area contributed by atoms with Gasteiger partial charge in [-0.2, -0.15) is 0 Å². The van der Waals surface area contributed by atoms with Crippen molar-refractivity contribution in [2.45, 2.75) is 25.3 Å². The van der Waals surface area contributed by atoms with E-state index in [0.29, 0.717) is 24.7 Å². The normalized spacial score (nSPS) is 17.7. The van der Waals surface area contributed by atoms with E-state index < -0.39 is 0 Å². The molecule has 0 bridgehead atoms. The lowest BCUT2D eigenvalue weighted by Gasteiger charge is -2.34. The standard InChI is InChI=1S/C17H21N3O3S/c1-22-9-10-23-15-6-5-13(12-19-15)17(21)20-8-3-2-4-14(20)16-18-7-11-24-16/h5-7,11-12,14H,2-4,8-10H2,1H3/t14-/m0/s1. The zero-order valence-corrected chi connectivity index (χ0v) is 14.5. The molecule has 7 heteroatoms. The minimum absolute atomic E-state index is 0.00541. The highest BCUT2D eigenvalue weighted by Crippen LogP contribution is 2.33. The molecular formula is C17H21N3O3S. The molecule has 1 aliphatic rings. The predicted octanol–water partition coefficient (Wildman–Crippen LogP) is 2.93. The fraction of sp³-hybridized carbons (Fsp3) is 0.471. The van der Waals surface area contributed by atoms with E-state index in [9.17, 15) is 4.79 Å². The van der Waals surface area contributed by atoms with Gasteiger partial charge in [-0.05, 0) is 25.3 Å². The fourth-order valence-electron chi connectivity index (χ4n) is 2.82. The lowest BCUT2D eigenvalue weighted by Crippen LogP contribution is -2.38. The molecule has 6 nitrogen and oxygen atoms in total. The number of carbonyl (C=O) groups is 1. The molecule has 2 aromatic rings. The molecule has 0 spiro atoms. The van der Waals surface area contributed by atoms with Crippen LogP contribution in [-0.2, 0) is 4.74 Å². The summed E-state index contributed by atoms with van der Waals surface area (Å²) in [6.45, 7) is 1.70. The molecule has 1 atom stereocenters. The Morgan fingerprint density at radius 3 is 2.96 bits per heavy atom. The van der Waals surface area contributed by atoms with E-state index in [1.54, 1.807) is 43.0 Å². The molecule has 0 aliphatic carbocycles. The van der Waals surface area contributed by atoms with Crippen molar-refractivity contribution in [3.63, 3.8) is 0 Å². The second-order valence-corrected chi connectivity index (χ2v) is 6.53.